The van der Waals surface area contributed by atoms with Gasteiger partial charge in [0, 0.05) is 5.69 Å². The number of nitrogens with zero attached hydrogens (tertiary/aromatic N) is 1. The third kappa shape index (κ3) is 3.82. The molecule has 150 valence electrons. The van der Waals surface area contributed by atoms with Crippen LogP contribution in [-0.2, 0) is 16.1 Å². The van der Waals surface area contributed by atoms with Gasteiger partial charge in [0.1, 0.15) is 11.4 Å². The van der Waals surface area contributed by atoms with Crippen molar-refractivity contribution in [3.8, 4) is 5.75 Å². The van der Waals surface area contributed by atoms with E-state index in [1.807, 2.05) is 85.8 Å². The van der Waals surface area contributed by atoms with Crippen molar-refractivity contribution in [2.45, 2.75) is 13.5 Å². The Hall–Kier alpha value is -3.86. The number of hydrogen-bond acceptors (Lipinski definition) is 4. The van der Waals surface area contributed by atoms with Crippen LogP contribution in [0.15, 0.2) is 84.6 Å². The Labute approximate surface area is 175 Å². The molecule has 0 spiro atoms. The largest absolute Gasteiger partial charge is 0.497 e. The molecule has 1 aliphatic heterocycles. The van der Waals surface area contributed by atoms with Gasteiger partial charge >= 0.3 is 0 Å². The van der Waals surface area contributed by atoms with Crippen LogP contribution in [0.2, 0.25) is 0 Å². The van der Waals surface area contributed by atoms with Gasteiger partial charge in [-0.05, 0) is 47.9 Å². The number of imide groups is 1. The number of ether oxygens (including phenoxy) is 1. The van der Waals surface area contributed by atoms with Gasteiger partial charge in [0.2, 0.25) is 0 Å². The zero-order valence-electron chi connectivity index (χ0n) is 16.9. The smallest absolute Gasteiger partial charge is 0.278 e. The van der Waals surface area contributed by atoms with Crippen molar-refractivity contribution in [3.05, 3.63) is 101 Å². The summed E-state index contributed by atoms with van der Waals surface area (Å²) in [6.07, 6.45) is 0. The molecule has 0 saturated heterocycles. The summed E-state index contributed by atoms with van der Waals surface area (Å²) in [6, 6.07) is 24.3. The van der Waals surface area contributed by atoms with Gasteiger partial charge in [0.05, 0.1) is 19.2 Å². The summed E-state index contributed by atoms with van der Waals surface area (Å²) in [6.45, 7) is 2.17. The molecule has 0 radical (unpaired) electrons. The van der Waals surface area contributed by atoms with E-state index in [9.17, 15) is 9.59 Å². The summed E-state index contributed by atoms with van der Waals surface area (Å²) in [4.78, 5) is 27.9. The van der Waals surface area contributed by atoms with Crippen molar-refractivity contribution in [3.63, 3.8) is 0 Å². The molecule has 0 unspecified atom stereocenters. The lowest BCUT2D eigenvalue weighted by Crippen LogP contribution is -2.32. The van der Waals surface area contributed by atoms with Crippen LogP contribution in [0, 0.1) is 6.92 Å². The van der Waals surface area contributed by atoms with E-state index in [2.05, 4.69) is 5.32 Å². The molecule has 5 nitrogen and oxygen atoms in total. The van der Waals surface area contributed by atoms with Crippen molar-refractivity contribution < 1.29 is 14.3 Å². The fraction of sp³-hybridized carbons (Fsp3) is 0.120. The lowest BCUT2D eigenvalue weighted by Gasteiger charge is -2.16. The molecule has 0 bridgehead atoms. The van der Waals surface area contributed by atoms with Crippen molar-refractivity contribution in [1.82, 2.24) is 4.90 Å². The summed E-state index contributed by atoms with van der Waals surface area (Å²) >= 11 is 0. The highest BCUT2D eigenvalue weighted by Gasteiger charge is 2.39. The van der Waals surface area contributed by atoms with Crippen molar-refractivity contribution in [2.24, 2.45) is 0 Å². The maximum Gasteiger partial charge on any atom is 0.278 e. The summed E-state index contributed by atoms with van der Waals surface area (Å²) in [5, 5.41) is 3.19. The molecule has 2 amide bonds. The first-order valence-corrected chi connectivity index (χ1v) is 9.69. The topological polar surface area (TPSA) is 58.6 Å². The van der Waals surface area contributed by atoms with Crippen LogP contribution in [0.5, 0.6) is 5.75 Å². The van der Waals surface area contributed by atoms with Gasteiger partial charge in [0.15, 0.2) is 0 Å². The second-order valence-corrected chi connectivity index (χ2v) is 7.16. The molecular formula is C25H22N2O3. The predicted molar refractivity (Wildman–Crippen MR) is 117 cm³/mol. The average molecular weight is 398 g/mol. The second-order valence-electron chi connectivity index (χ2n) is 7.16. The number of benzene rings is 3. The fourth-order valence-corrected chi connectivity index (χ4v) is 3.49. The van der Waals surface area contributed by atoms with Crippen LogP contribution in [0.1, 0.15) is 16.7 Å². The summed E-state index contributed by atoms with van der Waals surface area (Å²) in [7, 11) is 1.60. The van der Waals surface area contributed by atoms with Crippen molar-refractivity contribution in [1.29, 1.82) is 0 Å². The molecule has 30 heavy (non-hydrogen) atoms. The molecule has 4 rings (SSSR count). The number of anilines is 1. The normalized spacial score (nSPS) is 13.7. The quantitative estimate of drug-likeness (QED) is 0.626. The summed E-state index contributed by atoms with van der Waals surface area (Å²) in [5.74, 6) is 0.0797. The van der Waals surface area contributed by atoms with Gasteiger partial charge in [0.25, 0.3) is 11.8 Å². The number of carbonyl (C=O) groups is 2. The molecule has 0 aromatic heterocycles. The Balaban J connectivity index is 1.70. The molecule has 5 heteroatoms. The molecule has 0 fully saturated rings. The molecule has 3 aromatic rings. The molecule has 0 atom stereocenters. The third-order valence-electron chi connectivity index (χ3n) is 5.02. The van der Waals surface area contributed by atoms with Gasteiger partial charge in [-0.25, -0.2) is 0 Å². The average Bonchev–Trinajstić information content (AvgIpc) is 2.99. The molecule has 0 aliphatic carbocycles. The number of aryl methyl sites for hydroxylation is 1. The van der Waals surface area contributed by atoms with Crippen LogP contribution >= 0.6 is 0 Å². The number of rotatable bonds is 6. The summed E-state index contributed by atoms with van der Waals surface area (Å²) in [5.41, 5.74) is 4.07. The van der Waals surface area contributed by atoms with Crippen LogP contribution in [0.3, 0.4) is 0 Å². The van der Waals surface area contributed by atoms with E-state index >= 15 is 0 Å². The minimum absolute atomic E-state index is 0.191. The minimum Gasteiger partial charge on any atom is -0.497 e. The van der Waals surface area contributed by atoms with E-state index in [0.717, 1.165) is 22.6 Å². The number of nitrogens with one attached hydrogen (secondary N) is 1. The molecule has 0 saturated carbocycles. The maximum absolute atomic E-state index is 13.3. The van der Waals surface area contributed by atoms with E-state index < -0.39 is 0 Å². The summed E-state index contributed by atoms with van der Waals surface area (Å²) < 4.78 is 5.18. The number of carbonyl (C=O) groups excluding carboxylic acids is 2. The van der Waals surface area contributed by atoms with Gasteiger partial charge in [-0.2, -0.15) is 0 Å². The van der Waals surface area contributed by atoms with Crippen LogP contribution in [-0.4, -0.2) is 23.8 Å². The minimum atomic E-state index is -0.337. The number of amides is 2. The lowest BCUT2D eigenvalue weighted by molar-refractivity contribution is -0.137. The van der Waals surface area contributed by atoms with Gasteiger partial charge in [-0.15, -0.1) is 0 Å². The standard InChI is InChI=1S/C25H22N2O3/c1-17-7-6-10-20(15-17)26-23-22(19-8-4-3-5-9-19)24(28)27(25(23)29)16-18-11-13-21(30-2)14-12-18/h3-15,26H,16H2,1-2H3. The molecule has 3 aromatic carbocycles. The zero-order chi connectivity index (χ0) is 21.1. The highest BCUT2D eigenvalue weighted by atomic mass is 16.5. The molecule has 1 N–H and O–H groups in total. The lowest BCUT2D eigenvalue weighted by atomic mass is 10.0. The third-order valence-corrected chi connectivity index (χ3v) is 5.02. The highest BCUT2D eigenvalue weighted by molar-refractivity contribution is 6.36. The monoisotopic (exact) mass is 398 g/mol. The van der Waals surface area contributed by atoms with Crippen LogP contribution in [0.4, 0.5) is 5.69 Å². The Kier molecular flexibility index (Phi) is 5.35. The van der Waals surface area contributed by atoms with E-state index in [-0.39, 0.29) is 18.4 Å². The van der Waals surface area contributed by atoms with E-state index in [1.165, 1.54) is 4.90 Å². The van der Waals surface area contributed by atoms with Crippen molar-refractivity contribution >= 4 is 23.1 Å². The van der Waals surface area contributed by atoms with Crippen LogP contribution < -0.4 is 10.1 Å². The van der Waals surface area contributed by atoms with Gasteiger partial charge < -0.3 is 10.1 Å². The van der Waals surface area contributed by atoms with E-state index in [4.69, 9.17) is 4.74 Å². The number of hydrogen-bond donors (Lipinski definition) is 1. The SMILES string of the molecule is COc1ccc(CN2C(=O)C(Nc3cccc(C)c3)=C(c3ccccc3)C2=O)cc1. The van der Waals surface area contributed by atoms with E-state index in [0.29, 0.717) is 16.8 Å². The first-order valence-electron chi connectivity index (χ1n) is 9.69. The first kappa shape index (κ1) is 19.5. The molecule has 1 heterocycles. The maximum atomic E-state index is 13.3. The Morgan fingerprint density at radius 2 is 1.60 bits per heavy atom. The molecule has 1 aliphatic rings. The fourth-order valence-electron chi connectivity index (χ4n) is 3.49. The van der Waals surface area contributed by atoms with Crippen molar-refractivity contribution in [2.75, 3.05) is 12.4 Å². The predicted octanol–water partition coefficient (Wildman–Crippen LogP) is 4.40. The van der Waals surface area contributed by atoms with Gasteiger partial charge in [-0.3, -0.25) is 14.5 Å². The Morgan fingerprint density at radius 3 is 2.27 bits per heavy atom. The van der Waals surface area contributed by atoms with E-state index in [1.54, 1.807) is 7.11 Å². The first-order chi connectivity index (χ1) is 14.6. The Bertz CT molecular complexity index is 1120. The second kappa shape index (κ2) is 8.25. The Morgan fingerprint density at radius 1 is 0.867 bits per heavy atom. The van der Waals surface area contributed by atoms with Gasteiger partial charge in [-0.1, -0.05) is 54.6 Å². The number of methoxy groups -OCH3 is 1. The van der Waals surface area contributed by atoms with Crippen LogP contribution in [0.25, 0.3) is 5.57 Å². The zero-order valence-corrected chi connectivity index (χ0v) is 16.9. The molecular weight excluding hydrogens is 376 g/mol. The highest BCUT2D eigenvalue weighted by Crippen LogP contribution is 2.31.